The van der Waals surface area contributed by atoms with E-state index in [0.717, 1.165) is 0 Å². The highest BCUT2D eigenvalue weighted by Gasteiger charge is 2.12. The SMILES string of the molecule is NC(CCC(=O)O)C(=O)O.O=C(O)CCCC(=O)O. The van der Waals surface area contributed by atoms with Crippen LogP contribution < -0.4 is 5.73 Å². The first kappa shape index (κ1) is 19.2. The minimum absolute atomic E-state index is 0.0231. The Labute approximate surface area is 108 Å². The van der Waals surface area contributed by atoms with Gasteiger partial charge in [0.05, 0.1) is 0 Å². The number of rotatable bonds is 8. The van der Waals surface area contributed by atoms with Crippen LogP contribution >= 0.6 is 0 Å². The molecule has 0 spiro atoms. The zero-order valence-electron chi connectivity index (χ0n) is 10.1. The molecule has 0 aliphatic rings. The van der Waals surface area contributed by atoms with E-state index in [4.69, 9.17) is 26.2 Å². The molecule has 0 fully saturated rings. The molecule has 0 rings (SSSR count). The summed E-state index contributed by atoms with van der Waals surface area (Å²) < 4.78 is 0. The molecule has 9 nitrogen and oxygen atoms in total. The van der Waals surface area contributed by atoms with Crippen LogP contribution in [0.1, 0.15) is 32.1 Å². The Kier molecular flexibility index (Phi) is 11.1. The van der Waals surface area contributed by atoms with Crippen LogP contribution in [0.25, 0.3) is 0 Å². The van der Waals surface area contributed by atoms with Gasteiger partial charge in [0.1, 0.15) is 6.04 Å². The summed E-state index contributed by atoms with van der Waals surface area (Å²) >= 11 is 0. The van der Waals surface area contributed by atoms with Gasteiger partial charge in [0, 0.05) is 19.3 Å². The quantitative estimate of drug-likeness (QED) is 0.395. The van der Waals surface area contributed by atoms with Crippen LogP contribution in [0.4, 0.5) is 0 Å². The molecular formula is C10H17NO8. The Morgan fingerprint density at radius 3 is 1.42 bits per heavy atom. The first-order valence-corrected chi connectivity index (χ1v) is 5.30. The molecule has 0 aromatic rings. The predicted molar refractivity (Wildman–Crippen MR) is 61.6 cm³/mol. The van der Waals surface area contributed by atoms with E-state index in [2.05, 4.69) is 0 Å². The lowest BCUT2D eigenvalue weighted by Crippen LogP contribution is -2.30. The van der Waals surface area contributed by atoms with Crippen molar-refractivity contribution in [3.05, 3.63) is 0 Å². The van der Waals surface area contributed by atoms with Gasteiger partial charge in [-0.2, -0.15) is 0 Å². The van der Waals surface area contributed by atoms with E-state index in [-0.39, 0.29) is 32.1 Å². The minimum Gasteiger partial charge on any atom is -0.481 e. The Morgan fingerprint density at radius 1 is 0.789 bits per heavy atom. The van der Waals surface area contributed by atoms with Gasteiger partial charge in [-0.1, -0.05) is 0 Å². The average Bonchev–Trinajstić information content (AvgIpc) is 2.25. The van der Waals surface area contributed by atoms with Gasteiger partial charge in [-0.05, 0) is 12.8 Å². The lowest BCUT2D eigenvalue weighted by molar-refractivity contribution is -0.141. The summed E-state index contributed by atoms with van der Waals surface area (Å²) in [5, 5.41) is 32.3. The molecule has 1 atom stereocenters. The summed E-state index contributed by atoms with van der Waals surface area (Å²) in [6.45, 7) is 0. The molecule has 1 unspecified atom stereocenters. The first-order chi connectivity index (χ1) is 8.66. The Morgan fingerprint density at radius 2 is 1.16 bits per heavy atom. The van der Waals surface area contributed by atoms with E-state index in [0.29, 0.717) is 0 Å². The van der Waals surface area contributed by atoms with Crippen molar-refractivity contribution in [2.75, 3.05) is 0 Å². The maximum Gasteiger partial charge on any atom is 0.320 e. The van der Waals surface area contributed by atoms with Crippen molar-refractivity contribution in [3.8, 4) is 0 Å². The summed E-state index contributed by atoms with van der Waals surface area (Å²) in [6, 6.07) is -1.06. The number of carboxylic acids is 4. The van der Waals surface area contributed by atoms with Crippen LogP contribution in [0, 0.1) is 0 Å². The zero-order chi connectivity index (χ0) is 15.4. The van der Waals surface area contributed by atoms with Crippen molar-refractivity contribution < 1.29 is 39.6 Å². The van der Waals surface area contributed by atoms with Gasteiger partial charge in [-0.15, -0.1) is 0 Å². The maximum atomic E-state index is 9.99. The second kappa shape index (κ2) is 11.0. The molecule has 0 amide bonds. The zero-order valence-corrected chi connectivity index (χ0v) is 10.1. The van der Waals surface area contributed by atoms with Gasteiger partial charge in [-0.3, -0.25) is 19.2 Å². The summed E-state index contributed by atoms with van der Waals surface area (Å²) in [5.41, 5.74) is 5.00. The third-order valence-corrected chi connectivity index (χ3v) is 1.77. The van der Waals surface area contributed by atoms with Crippen LogP contribution in [0.5, 0.6) is 0 Å². The lowest BCUT2D eigenvalue weighted by atomic mass is 10.2. The number of aliphatic carboxylic acids is 4. The van der Waals surface area contributed by atoms with Crippen molar-refractivity contribution >= 4 is 23.9 Å². The molecule has 0 aromatic heterocycles. The number of nitrogens with two attached hydrogens (primary N) is 1. The van der Waals surface area contributed by atoms with Crippen LogP contribution in [0.15, 0.2) is 0 Å². The molecule has 0 saturated heterocycles. The molecule has 0 aliphatic heterocycles. The third kappa shape index (κ3) is 18.4. The first-order valence-electron chi connectivity index (χ1n) is 5.30. The van der Waals surface area contributed by atoms with Crippen LogP contribution in [-0.2, 0) is 19.2 Å². The van der Waals surface area contributed by atoms with Gasteiger partial charge >= 0.3 is 23.9 Å². The summed E-state index contributed by atoms with van der Waals surface area (Å²) in [7, 11) is 0. The van der Waals surface area contributed by atoms with Crippen molar-refractivity contribution in [2.24, 2.45) is 5.73 Å². The van der Waals surface area contributed by atoms with E-state index >= 15 is 0 Å². The summed E-state index contributed by atoms with van der Waals surface area (Å²) in [5.74, 6) is -4.09. The molecule has 0 aliphatic carbocycles. The van der Waals surface area contributed by atoms with Crippen LogP contribution in [0.3, 0.4) is 0 Å². The minimum atomic E-state index is -1.17. The average molecular weight is 279 g/mol. The lowest BCUT2D eigenvalue weighted by Gasteiger charge is -2.01. The Balaban J connectivity index is 0. The van der Waals surface area contributed by atoms with E-state index in [1.54, 1.807) is 0 Å². The number of hydrogen-bond donors (Lipinski definition) is 5. The highest BCUT2D eigenvalue weighted by Crippen LogP contribution is 1.94. The van der Waals surface area contributed by atoms with Gasteiger partial charge in [0.15, 0.2) is 0 Å². The predicted octanol–water partition coefficient (Wildman–Crippen LogP) is -0.411. The molecule has 19 heavy (non-hydrogen) atoms. The molecule has 0 bridgehead atoms. The Hall–Kier alpha value is -2.16. The molecular weight excluding hydrogens is 262 g/mol. The van der Waals surface area contributed by atoms with Crippen molar-refractivity contribution in [1.29, 1.82) is 0 Å². The maximum absolute atomic E-state index is 9.99. The molecule has 0 radical (unpaired) electrons. The summed E-state index contributed by atoms with van der Waals surface area (Å²) in [6.07, 6.45) is -0.138. The Bertz CT molecular complexity index is 313. The monoisotopic (exact) mass is 279 g/mol. The van der Waals surface area contributed by atoms with Crippen molar-refractivity contribution in [2.45, 2.75) is 38.1 Å². The highest BCUT2D eigenvalue weighted by atomic mass is 16.4. The smallest absolute Gasteiger partial charge is 0.320 e. The third-order valence-electron chi connectivity index (χ3n) is 1.77. The molecule has 110 valence electrons. The van der Waals surface area contributed by atoms with Gasteiger partial charge in [-0.25, -0.2) is 0 Å². The second-order valence-corrected chi connectivity index (χ2v) is 3.52. The van der Waals surface area contributed by atoms with E-state index in [9.17, 15) is 19.2 Å². The van der Waals surface area contributed by atoms with Gasteiger partial charge in [0.2, 0.25) is 0 Å². The standard InChI is InChI=1S/C5H9NO4.C5H8O4/c6-3(5(9)10)1-2-4(7)8;6-4(7)2-1-3-5(8)9/h3H,1-2,6H2,(H,7,8)(H,9,10);1-3H2,(H,6,7)(H,8,9). The fourth-order valence-corrected chi connectivity index (χ4v) is 0.793. The normalized spacial score (nSPS) is 10.8. The topological polar surface area (TPSA) is 175 Å². The van der Waals surface area contributed by atoms with Crippen molar-refractivity contribution in [1.82, 2.24) is 0 Å². The molecule has 0 saturated carbocycles. The van der Waals surface area contributed by atoms with E-state index in [1.165, 1.54) is 0 Å². The van der Waals surface area contributed by atoms with Crippen LogP contribution in [-0.4, -0.2) is 50.3 Å². The second-order valence-electron chi connectivity index (χ2n) is 3.52. The van der Waals surface area contributed by atoms with Crippen LogP contribution in [0.2, 0.25) is 0 Å². The number of carbonyl (C=O) groups is 4. The highest BCUT2D eigenvalue weighted by molar-refractivity contribution is 5.74. The fraction of sp³-hybridized carbons (Fsp3) is 0.600. The molecule has 9 heteroatoms. The molecule has 6 N–H and O–H groups in total. The van der Waals surface area contributed by atoms with Crippen molar-refractivity contribution in [3.63, 3.8) is 0 Å². The number of carboxylic acid groups (broad SMARTS) is 4. The largest absolute Gasteiger partial charge is 0.481 e. The molecule has 0 aromatic carbocycles. The summed E-state index contributed by atoms with van der Waals surface area (Å²) in [4.78, 5) is 39.4. The fourth-order valence-electron chi connectivity index (χ4n) is 0.793. The van der Waals surface area contributed by atoms with E-state index in [1.807, 2.05) is 0 Å². The van der Waals surface area contributed by atoms with Gasteiger partial charge in [0.25, 0.3) is 0 Å². The molecule has 0 heterocycles. The van der Waals surface area contributed by atoms with Gasteiger partial charge < -0.3 is 26.2 Å². The van der Waals surface area contributed by atoms with E-state index < -0.39 is 29.9 Å². The number of hydrogen-bond acceptors (Lipinski definition) is 5.